The molecule has 7 nitrogen and oxygen atoms in total. The van der Waals surface area contributed by atoms with Crippen LogP contribution in [0.2, 0.25) is 0 Å². The number of anilines is 1. The number of piperidine rings is 1. The van der Waals surface area contributed by atoms with Crippen molar-refractivity contribution in [1.82, 2.24) is 14.9 Å². The number of aromatic nitrogens is 2. The second kappa shape index (κ2) is 10.0. The van der Waals surface area contributed by atoms with Gasteiger partial charge in [0.2, 0.25) is 11.8 Å². The number of hydrogen-bond donors (Lipinski definition) is 2. The Bertz CT molecular complexity index is 1060. The van der Waals surface area contributed by atoms with Gasteiger partial charge in [0.15, 0.2) is 5.82 Å². The monoisotopic (exact) mass is 430 g/mol. The topological polar surface area (TPSA) is 95.4 Å². The maximum absolute atomic E-state index is 12.7. The highest BCUT2D eigenvalue weighted by atomic mass is 16.3. The Morgan fingerprint density at radius 1 is 1.00 bits per heavy atom. The van der Waals surface area contributed by atoms with Gasteiger partial charge in [0.1, 0.15) is 5.75 Å². The first-order valence-corrected chi connectivity index (χ1v) is 10.8. The molecule has 32 heavy (non-hydrogen) atoms. The third-order valence-electron chi connectivity index (χ3n) is 5.71. The van der Waals surface area contributed by atoms with Crippen LogP contribution in [0.25, 0.3) is 11.4 Å². The Hall–Kier alpha value is -3.74. The van der Waals surface area contributed by atoms with E-state index in [1.165, 1.54) is 0 Å². The molecule has 0 radical (unpaired) electrons. The van der Waals surface area contributed by atoms with Crippen molar-refractivity contribution in [2.45, 2.75) is 25.7 Å². The molecule has 2 N–H and O–H groups in total. The standard InChI is InChI=1S/C25H26N4O3/c30-22-8-4-7-20(15-22)24-26-16-21(17-27-24)28-25(32)19-11-13-29(14-12-19)23(31)10-9-18-5-2-1-3-6-18/h1-8,15-17,19,30H,9-14H2,(H,28,32). The van der Waals surface area contributed by atoms with E-state index < -0.39 is 0 Å². The summed E-state index contributed by atoms with van der Waals surface area (Å²) in [6.45, 7) is 1.19. The van der Waals surface area contributed by atoms with Crippen molar-refractivity contribution < 1.29 is 14.7 Å². The van der Waals surface area contributed by atoms with Crippen LogP contribution in [-0.2, 0) is 16.0 Å². The lowest BCUT2D eigenvalue weighted by atomic mass is 9.95. The van der Waals surface area contributed by atoms with Gasteiger partial charge in [-0.25, -0.2) is 9.97 Å². The van der Waals surface area contributed by atoms with Crippen molar-refractivity contribution >= 4 is 17.5 Å². The van der Waals surface area contributed by atoms with Gasteiger partial charge >= 0.3 is 0 Å². The number of amides is 2. The van der Waals surface area contributed by atoms with E-state index >= 15 is 0 Å². The molecule has 3 aromatic rings. The number of hydrogen-bond acceptors (Lipinski definition) is 5. The van der Waals surface area contributed by atoms with Crippen LogP contribution in [0.3, 0.4) is 0 Å². The van der Waals surface area contributed by atoms with Gasteiger partial charge < -0.3 is 15.3 Å². The Balaban J connectivity index is 1.25. The largest absolute Gasteiger partial charge is 0.508 e. The molecule has 0 bridgehead atoms. The maximum atomic E-state index is 12.7. The van der Waals surface area contributed by atoms with Crippen LogP contribution in [-0.4, -0.2) is 44.9 Å². The summed E-state index contributed by atoms with van der Waals surface area (Å²) >= 11 is 0. The second-order valence-electron chi connectivity index (χ2n) is 7.98. The molecular weight excluding hydrogens is 404 g/mol. The number of rotatable bonds is 6. The molecule has 2 aromatic carbocycles. The Morgan fingerprint density at radius 3 is 2.41 bits per heavy atom. The third-order valence-corrected chi connectivity index (χ3v) is 5.71. The molecule has 1 fully saturated rings. The van der Waals surface area contributed by atoms with E-state index in [0.29, 0.717) is 49.4 Å². The summed E-state index contributed by atoms with van der Waals surface area (Å²) in [5.74, 6) is 0.548. The average Bonchev–Trinajstić information content (AvgIpc) is 2.84. The number of nitrogens with one attached hydrogen (secondary N) is 1. The molecular formula is C25H26N4O3. The fourth-order valence-electron chi connectivity index (χ4n) is 3.88. The van der Waals surface area contributed by atoms with Crippen LogP contribution in [0.1, 0.15) is 24.8 Å². The summed E-state index contributed by atoms with van der Waals surface area (Å²) in [5, 5.41) is 12.5. The van der Waals surface area contributed by atoms with Crippen molar-refractivity contribution in [1.29, 1.82) is 0 Å². The molecule has 2 heterocycles. The lowest BCUT2D eigenvalue weighted by Gasteiger charge is -2.31. The SMILES string of the molecule is O=C(Nc1cnc(-c2cccc(O)c2)nc1)C1CCN(C(=O)CCc2ccccc2)CC1. The zero-order valence-electron chi connectivity index (χ0n) is 17.8. The number of aromatic hydroxyl groups is 1. The zero-order chi connectivity index (χ0) is 22.3. The molecule has 4 rings (SSSR count). The van der Waals surface area contributed by atoms with Gasteiger partial charge in [-0.15, -0.1) is 0 Å². The summed E-state index contributed by atoms with van der Waals surface area (Å²) < 4.78 is 0. The number of carbonyl (C=O) groups excluding carboxylic acids is 2. The van der Waals surface area contributed by atoms with E-state index in [4.69, 9.17) is 0 Å². The molecule has 0 unspecified atom stereocenters. The molecule has 0 atom stereocenters. The van der Waals surface area contributed by atoms with Crippen molar-refractivity contribution in [3.8, 4) is 17.1 Å². The third kappa shape index (κ3) is 5.49. The van der Waals surface area contributed by atoms with Crippen LogP contribution in [0.15, 0.2) is 67.0 Å². The van der Waals surface area contributed by atoms with Crippen LogP contribution in [0.5, 0.6) is 5.75 Å². The second-order valence-corrected chi connectivity index (χ2v) is 7.98. The van der Waals surface area contributed by atoms with Crippen LogP contribution in [0, 0.1) is 5.92 Å². The minimum atomic E-state index is -0.140. The molecule has 2 amide bonds. The molecule has 1 aliphatic heterocycles. The van der Waals surface area contributed by atoms with Crippen molar-refractivity contribution in [2.75, 3.05) is 18.4 Å². The summed E-state index contributed by atoms with van der Waals surface area (Å²) in [5.41, 5.74) is 2.39. The Kier molecular flexibility index (Phi) is 6.75. The average molecular weight is 431 g/mol. The fourth-order valence-corrected chi connectivity index (χ4v) is 3.88. The fraction of sp³-hybridized carbons (Fsp3) is 0.280. The van der Waals surface area contributed by atoms with E-state index in [1.807, 2.05) is 41.3 Å². The molecule has 164 valence electrons. The zero-order valence-corrected chi connectivity index (χ0v) is 17.8. The summed E-state index contributed by atoms with van der Waals surface area (Å²) in [4.78, 5) is 35.6. The Labute approximate surface area is 187 Å². The predicted molar refractivity (Wildman–Crippen MR) is 122 cm³/mol. The molecule has 1 aliphatic rings. The van der Waals surface area contributed by atoms with Crippen LogP contribution >= 0.6 is 0 Å². The molecule has 1 aromatic heterocycles. The van der Waals surface area contributed by atoms with E-state index in [9.17, 15) is 14.7 Å². The molecule has 0 spiro atoms. The first-order chi connectivity index (χ1) is 15.6. The summed E-state index contributed by atoms with van der Waals surface area (Å²) in [6, 6.07) is 16.7. The number of phenolic OH excluding ortho intramolecular Hbond substituents is 1. The van der Waals surface area contributed by atoms with Crippen molar-refractivity contribution in [3.05, 3.63) is 72.6 Å². The van der Waals surface area contributed by atoms with E-state index in [0.717, 1.165) is 12.0 Å². The van der Waals surface area contributed by atoms with Crippen LogP contribution in [0.4, 0.5) is 5.69 Å². The molecule has 0 aliphatic carbocycles. The normalized spacial score (nSPS) is 14.2. The molecule has 7 heteroatoms. The first kappa shape index (κ1) is 21.5. The van der Waals surface area contributed by atoms with E-state index in [2.05, 4.69) is 15.3 Å². The molecule has 1 saturated heterocycles. The lowest BCUT2D eigenvalue weighted by molar-refractivity contribution is -0.134. The highest BCUT2D eigenvalue weighted by molar-refractivity contribution is 5.92. The lowest BCUT2D eigenvalue weighted by Crippen LogP contribution is -2.41. The quantitative estimate of drug-likeness (QED) is 0.622. The number of aryl methyl sites for hydroxylation is 1. The number of phenols is 1. The number of benzene rings is 2. The minimum absolute atomic E-state index is 0.0740. The van der Waals surface area contributed by atoms with E-state index in [1.54, 1.807) is 30.6 Å². The van der Waals surface area contributed by atoms with Gasteiger partial charge in [-0.1, -0.05) is 42.5 Å². The van der Waals surface area contributed by atoms with Gasteiger partial charge in [0.05, 0.1) is 18.1 Å². The van der Waals surface area contributed by atoms with Gasteiger partial charge in [-0.05, 0) is 37.0 Å². The highest BCUT2D eigenvalue weighted by Gasteiger charge is 2.27. The smallest absolute Gasteiger partial charge is 0.227 e. The molecule has 0 saturated carbocycles. The van der Waals surface area contributed by atoms with Crippen molar-refractivity contribution in [3.63, 3.8) is 0 Å². The number of carbonyl (C=O) groups is 2. The van der Waals surface area contributed by atoms with Crippen molar-refractivity contribution in [2.24, 2.45) is 5.92 Å². The van der Waals surface area contributed by atoms with Gasteiger partial charge in [-0.2, -0.15) is 0 Å². The van der Waals surface area contributed by atoms with Gasteiger partial charge in [0, 0.05) is 31.0 Å². The maximum Gasteiger partial charge on any atom is 0.227 e. The highest BCUT2D eigenvalue weighted by Crippen LogP contribution is 2.22. The summed E-state index contributed by atoms with van der Waals surface area (Å²) in [6.07, 6.45) is 5.64. The number of likely N-dealkylation sites (tertiary alicyclic amines) is 1. The predicted octanol–water partition coefficient (Wildman–Crippen LogP) is 3.66. The van der Waals surface area contributed by atoms with Crippen LogP contribution < -0.4 is 5.32 Å². The Morgan fingerprint density at radius 2 is 1.72 bits per heavy atom. The van der Waals surface area contributed by atoms with Gasteiger partial charge in [-0.3, -0.25) is 9.59 Å². The summed E-state index contributed by atoms with van der Waals surface area (Å²) in [7, 11) is 0. The number of nitrogens with zero attached hydrogens (tertiary/aromatic N) is 3. The minimum Gasteiger partial charge on any atom is -0.508 e. The first-order valence-electron chi connectivity index (χ1n) is 10.8. The van der Waals surface area contributed by atoms with E-state index in [-0.39, 0.29) is 23.5 Å². The van der Waals surface area contributed by atoms with Gasteiger partial charge in [0.25, 0.3) is 0 Å².